The summed E-state index contributed by atoms with van der Waals surface area (Å²) in [6.45, 7) is 0.417. The summed E-state index contributed by atoms with van der Waals surface area (Å²) in [5, 5.41) is 2.43. The molecule has 0 aromatic heterocycles. The number of rotatable bonds is 10. The van der Waals surface area contributed by atoms with Crippen molar-refractivity contribution in [2.24, 2.45) is 5.73 Å². The molecular weight excluding hydrogens is 427 g/mol. The van der Waals surface area contributed by atoms with Gasteiger partial charge in [-0.3, -0.25) is 9.36 Å². The van der Waals surface area contributed by atoms with Crippen molar-refractivity contribution in [1.82, 2.24) is 5.32 Å². The Hall–Kier alpha value is -2.96. The van der Waals surface area contributed by atoms with Crippen LogP contribution in [0.4, 0.5) is 0 Å². The van der Waals surface area contributed by atoms with Gasteiger partial charge in [0.05, 0.1) is 6.04 Å². The second kappa shape index (κ2) is 11.1. The quantitative estimate of drug-likeness (QED) is 0.350. The smallest absolute Gasteiger partial charge is 0.347 e. The zero-order valence-electron chi connectivity index (χ0n) is 17.5. The number of carbonyl (C=O) groups excluding carboxylic acids is 1. The molecule has 0 saturated heterocycles. The first-order chi connectivity index (χ1) is 15.3. The Labute approximate surface area is 187 Å². The van der Waals surface area contributed by atoms with Crippen LogP contribution in [0, 0.1) is 0 Å². The van der Waals surface area contributed by atoms with Crippen molar-refractivity contribution in [1.29, 1.82) is 0 Å². The van der Waals surface area contributed by atoms with E-state index in [2.05, 4.69) is 5.32 Å². The second-order valence-corrected chi connectivity index (χ2v) is 9.33. The highest BCUT2D eigenvalue weighted by Gasteiger charge is 2.32. The van der Waals surface area contributed by atoms with Crippen LogP contribution in [0.3, 0.4) is 0 Å². The largest absolute Gasteiger partial charge is 0.489 e. The van der Waals surface area contributed by atoms with E-state index in [9.17, 15) is 19.1 Å². The third kappa shape index (κ3) is 7.32. The van der Waals surface area contributed by atoms with Gasteiger partial charge >= 0.3 is 7.60 Å². The molecule has 7 nitrogen and oxygen atoms in total. The molecule has 3 aromatic carbocycles. The summed E-state index contributed by atoms with van der Waals surface area (Å²) < 4.78 is 17.7. The first-order valence-electron chi connectivity index (χ1n) is 10.2. The molecule has 5 N–H and O–H groups in total. The molecule has 0 spiro atoms. The Kier molecular flexibility index (Phi) is 8.20. The van der Waals surface area contributed by atoms with Crippen LogP contribution in [0.5, 0.6) is 5.75 Å². The van der Waals surface area contributed by atoms with Crippen LogP contribution in [0.25, 0.3) is 0 Å². The first kappa shape index (κ1) is 23.7. The predicted octanol–water partition coefficient (Wildman–Crippen LogP) is 3.00. The van der Waals surface area contributed by atoms with Gasteiger partial charge in [0.1, 0.15) is 18.1 Å². The van der Waals surface area contributed by atoms with Crippen molar-refractivity contribution in [3.05, 3.63) is 102 Å². The molecule has 0 aliphatic carbocycles. The summed E-state index contributed by atoms with van der Waals surface area (Å²) in [7, 11) is -4.60. The zero-order chi connectivity index (χ0) is 23.0. The molecule has 3 rings (SSSR count). The van der Waals surface area contributed by atoms with Gasteiger partial charge in [-0.15, -0.1) is 0 Å². The summed E-state index contributed by atoms with van der Waals surface area (Å²) in [5.74, 6) is -1.34. The minimum Gasteiger partial charge on any atom is -0.489 e. The van der Waals surface area contributed by atoms with Gasteiger partial charge < -0.3 is 25.6 Å². The maximum atomic E-state index is 12.5. The highest BCUT2D eigenvalue weighted by molar-refractivity contribution is 7.52. The van der Waals surface area contributed by atoms with Gasteiger partial charge in [-0.1, -0.05) is 72.8 Å². The summed E-state index contributed by atoms with van der Waals surface area (Å²) >= 11 is 0. The molecule has 1 amide bonds. The normalized spacial score (nSPS) is 13.2. The van der Waals surface area contributed by atoms with Crippen molar-refractivity contribution in [2.75, 3.05) is 0 Å². The van der Waals surface area contributed by atoms with E-state index in [-0.39, 0.29) is 12.8 Å². The fourth-order valence-electron chi connectivity index (χ4n) is 3.17. The van der Waals surface area contributed by atoms with E-state index in [1.807, 2.05) is 60.7 Å². The SMILES string of the molecule is N[C@@H](Cc1ccccc1)C(=O)N[C@@H](Cc1ccc(OCc2ccccc2)cc1)P(=O)(O)O. The van der Waals surface area contributed by atoms with Gasteiger partial charge in [0.2, 0.25) is 5.91 Å². The number of hydrogen-bond acceptors (Lipinski definition) is 4. The molecular formula is C24H27N2O5P. The Bertz CT molecular complexity index is 1040. The first-order valence-corrected chi connectivity index (χ1v) is 11.9. The molecule has 8 heteroatoms. The van der Waals surface area contributed by atoms with Gasteiger partial charge in [-0.2, -0.15) is 0 Å². The molecule has 2 atom stereocenters. The van der Waals surface area contributed by atoms with Gasteiger partial charge in [-0.25, -0.2) is 0 Å². The van der Waals surface area contributed by atoms with E-state index >= 15 is 0 Å². The van der Waals surface area contributed by atoms with Crippen molar-refractivity contribution in [2.45, 2.75) is 31.3 Å². The molecule has 32 heavy (non-hydrogen) atoms. The minimum atomic E-state index is -4.60. The maximum absolute atomic E-state index is 12.5. The van der Waals surface area contributed by atoms with E-state index in [0.717, 1.165) is 11.1 Å². The van der Waals surface area contributed by atoms with E-state index in [1.54, 1.807) is 24.3 Å². The lowest BCUT2D eigenvalue weighted by Gasteiger charge is -2.22. The molecule has 0 aliphatic heterocycles. The monoisotopic (exact) mass is 454 g/mol. The Balaban J connectivity index is 1.59. The number of benzene rings is 3. The third-order valence-corrected chi connectivity index (χ3v) is 6.07. The van der Waals surface area contributed by atoms with E-state index < -0.39 is 25.3 Å². The molecule has 3 aromatic rings. The van der Waals surface area contributed by atoms with Gasteiger partial charge in [0.25, 0.3) is 0 Å². The Morgan fingerprint density at radius 3 is 1.94 bits per heavy atom. The fraction of sp³-hybridized carbons (Fsp3) is 0.208. The lowest BCUT2D eigenvalue weighted by molar-refractivity contribution is -0.122. The molecule has 168 valence electrons. The zero-order valence-corrected chi connectivity index (χ0v) is 18.4. The highest BCUT2D eigenvalue weighted by atomic mass is 31.2. The van der Waals surface area contributed by atoms with Crippen LogP contribution in [0.1, 0.15) is 16.7 Å². The number of hydrogen-bond donors (Lipinski definition) is 4. The molecule has 0 aliphatic rings. The van der Waals surface area contributed by atoms with E-state index in [4.69, 9.17) is 10.5 Å². The third-order valence-electron chi connectivity index (χ3n) is 4.95. The Morgan fingerprint density at radius 1 is 0.844 bits per heavy atom. The van der Waals surface area contributed by atoms with E-state index in [1.165, 1.54) is 0 Å². The van der Waals surface area contributed by atoms with Gasteiger partial charge in [0.15, 0.2) is 0 Å². The number of carbonyl (C=O) groups is 1. The summed E-state index contributed by atoms with van der Waals surface area (Å²) in [6, 6.07) is 24.9. The molecule has 0 unspecified atom stereocenters. The van der Waals surface area contributed by atoms with E-state index in [0.29, 0.717) is 17.9 Å². The molecule has 0 heterocycles. The number of nitrogens with one attached hydrogen (secondary N) is 1. The van der Waals surface area contributed by atoms with Crippen molar-refractivity contribution < 1.29 is 23.9 Å². The maximum Gasteiger partial charge on any atom is 0.347 e. The van der Waals surface area contributed by atoms with Crippen LogP contribution < -0.4 is 15.8 Å². The van der Waals surface area contributed by atoms with Crippen LogP contribution in [0.15, 0.2) is 84.9 Å². The predicted molar refractivity (Wildman–Crippen MR) is 123 cm³/mol. The number of ether oxygens (including phenoxy) is 1. The Morgan fingerprint density at radius 2 is 1.38 bits per heavy atom. The van der Waals surface area contributed by atoms with Crippen LogP contribution in [0.2, 0.25) is 0 Å². The summed E-state index contributed by atoms with van der Waals surface area (Å²) in [6.07, 6.45) is 0.237. The average molecular weight is 454 g/mol. The molecule has 0 fully saturated rings. The lowest BCUT2D eigenvalue weighted by atomic mass is 10.1. The van der Waals surface area contributed by atoms with Crippen molar-refractivity contribution in [3.63, 3.8) is 0 Å². The molecule has 0 bridgehead atoms. The minimum absolute atomic E-state index is 0.0347. The standard InChI is InChI=1S/C24H27N2O5P/c25-22(15-18-7-3-1-4-8-18)24(27)26-23(32(28,29)30)16-19-11-13-21(14-12-19)31-17-20-9-5-2-6-10-20/h1-14,22-23H,15-17,25H2,(H,26,27)(H2,28,29,30)/t22-,23+/m0/s1. The lowest BCUT2D eigenvalue weighted by Crippen LogP contribution is -2.47. The number of nitrogens with two attached hydrogens (primary N) is 1. The molecule has 0 saturated carbocycles. The van der Waals surface area contributed by atoms with Crippen LogP contribution in [-0.2, 0) is 28.8 Å². The van der Waals surface area contributed by atoms with Gasteiger partial charge in [0, 0.05) is 6.42 Å². The second-order valence-electron chi connectivity index (χ2n) is 7.53. The van der Waals surface area contributed by atoms with Crippen LogP contribution >= 0.6 is 7.60 Å². The topological polar surface area (TPSA) is 122 Å². The molecule has 0 radical (unpaired) electrons. The van der Waals surface area contributed by atoms with Crippen molar-refractivity contribution in [3.8, 4) is 5.75 Å². The van der Waals surface area contributed by atoms with Crippen LogP contribution in [-0.4, -0.2) is 27.5 Å². The summed E-state index contributed by atoms with van der Waals surface area (Å²) in [5.41, 5.74) is 8.51. The average Bonchev–Trinajstić information content (AvgIpc) is 2.79. The highest BCUT2D eigenvalue weighted by Crippen LogP contribution is 2.41. The summed E-state index contributed by atoms with van der Waals surface area (Å²) in [4.78, 5) is 32.0. The fourth-order valence-corrected chi connectivity index (χ4v) is 3.92. The number of amides is 1. The van der Waals surface area contributed by atoms with Crippen molar-refractivity contribution >= 4 is 13.5 Å². The van der Waals surface area contributed by atoms with Gasteiger partial charge in [-0.05, 0) is 35.2 Å².